The predicted octanol–water partition coefficient (Wildman–Crippen LogP) is 2.86. The molecule has 0 bridgehead atoms. The minimum absolute atomic E-state index is 0.0641. The molecule has 1 fully saturated rings. The van der Waals surface area contributed by atoms with Crippen molar-refractivity contribution in [3.8, 4) is 0 Å². The van der Waals surface area contributed by atoms with E-state index >= 15 is 0 Å². The third kappa shape index (κ3) is 2.57. The third-order valence-electron chi connectivity index (χ3n) is 4.01. The molecule has 1 saturated carbocycles. The molecule has 2 heterocycles. The number of unbranched alkanes of at least 4 members (excludes halogenated alkanes) is 1. The summed E-state index contributed by atoms with van der Waals surface area (Å²) in [6.07, 6.45) is 10.1. The molecule has 4 heteroatoms. The van der Waals surface area contributed by atoms with E-state index in [0.29, 0.717) is 11.6 Å². The molecule has 1 aliphatic carbocycles. The van der Waals surface area contributed by atoms with Crippen molar-refractivity contribution in [3.05, 3.63) is 29.6 Å². The molecular weight excluding hydrogens is 238 g/mol. The van der Waals surface area contributed by atoms with E-state index in [9.17, 15) is 4.79 Å². The first-order chi connectivity index (χ1) is 9.29. The molecule has 19 heavy (non-hydrogen) atoms. The molecule has 1 atom stereocenters. The van der Waals surface area contributed by atoms with Gasteiger partial charge in [-0.15, -0.1) is 0 Å². The van der Waals surface area contributed by atoms with Crippen LogP contribution in [0.5, 0.6) is 0 Å². The average Bonchev–Trinajstić information content (AvgIpc) is 2.99. The lowest BCUT2D eigenvalue weighted by Crippen LogP contribution is -2.36. The van der Waals surface area contributed by atoms with Gasteiger partial charge in [-0.2, -0.15) is 5.10 Å². The van der Waals surface area contributed by atoms with Crippen LogP contribution >= 0.6 is 0 Å². The summed E-state index contributed by atoms with van der Waals surface area (Å²) < 4.78 is 0. The molecule has 1 amide bonds. The Kier molecular flexibility index (Phi) is 3.40. The first kappa shape index (κ1) is 12.5. The summed E-state index contributed by atoms with van der Waals surface area (Å²) in [6.45, 7) is 2.90. The maximum atomic E-state index is 12.5. The molecule has 102 valence electrons. The molecule has 1 N–H and O–H groups in total. The van der Waals surface area contributed by atoms with E-state index in [4.69, 9.17) is 0 Å². The molecule has 4 nitrogen and oxygen atoms in total. The zero-order chi connectivity index (χ0) is 13.2. The zero-order valence-electron chi connectivity index (χ0n) is 11.4. The van der Waals surface area contributed by atoms with Crippen LogP contribution in [0.25, 0.3) is 0 Å². The van der Waals surface area contributed by atoms with Gasteiger partial charge in [0, 0.05) is 18.2 Å². The summed E-state index contributed by atoms with van der Waals surface area (Å²) in [6, 6.07) is 2.20. The number of carbonyl (C=O) groups excluding carboxylic acids is 1. The van der Waals surface area contributed by atoms with Crippen LogP contribution in [0.15, 0.2) is 18.2 Å². The largest absolute Gasteiger partial charge is 0.327 e. The van der Waals surface area contributed by atoms with E-state index in [1.54, 1.807) is 0 Å². The van der Waals surface area contributed by atoms with Gasteiger partial charge < -0.3 is 4.90 Å². The fraction of sp³-hybridized carbons (Fsp3) is 0.600. The Hall–Kier alpha value is -1.58. The van der Waals surface area contributed by atoms with Crippen molar-refractivity contribution in [2.24, 2.45) is 0 Å². The average molecular weight is 259 g/mol. The van der Waals surface area contributed by atoms with Crippen LogP contribution in [0.3, 0.4) is 0 Å². The number of rotatable bonds is 5. The molecule has 1 aliphatic heterocycles. The van der Waals surface area contributed by atoms with Crippen molar-refractivity contribution in [2.45, 2.75) is 51.0 Å². The van der Waals surface area contributed by atoms with Crippen molar-refractivity contribution < 1.29 is 4.79 Å². The molecule has 0 saturated heterocycles. The standard InChI is InChI=1S/C15H21N3O/c1-2-3-5-12-6-4-9-18(12)15(19)14-10-13(16-17-14)11-7-8-11/h4,6,10-12H,2-3,5,7-9H2,1H3,(H,16,17). The van der Waals surface area contributed by atoms with Gasteiger partial charge in [0.2, 0.25) is 0 Å². The van der Waals surface area contributed by atoms with Gasteiger partial charge in [-0.05, 0) is 25.3 Å². The minimum Gasteiger partial charge on any atom is -0.327 e. The molecular formula is C15H21N3O. The number of carbonyl (C=O) groups is 1. The van der Waals surface area contributed by atoms with Gasteiger partial charge in [0.05, 0.1) is 6.04 Å². The van der Waals surface area contributed by atoms with Crippen molar-refractivity contribution in [2.75, 3.05) is 6.54 Å². The molecule has 3 rings (SSSR count). The predicted molar refractivity (Wildman–Crippen MR) is 74.1 cm³/mol. The molecule has 1 unspecified atom stereocenters. The summed E-state index contributed by atoms with van der Waals surface area (Å²) in [5.74, 6) is 0.677. The van der Waals surface area contributed by atoms with Crippen molar-refractivity contribution in [1.29, 1.82) is 0 Å². The maximum absolute atomic E-state index is 12.5. The summed E-state index contributed by atoms with van der Waals surface area (Å²) in [4.78, 5) is 14.4. The minimum atomic E-state index is 0.0641. The normalized spacial score (nSPS) is 22.2. The van der Waals surface area contributed by atoms with Gasteiger partial charge in [-0.1, -0.05) is 31.9 Å². The Morgan fingerprint density at radius 2 is 2.37 bits per heavy atom. The summed E-state index contributed by atoms with van der Waals surface area (Å²) in [5.41, 5.74) is 1.70. The van der Waals surface area contributed by atoms with Gasteiger partial charge in [-0.3, -0.25) is 9.89 Å². The Labute approximate surface area is 113 Å². The second-order valence-corrected chi connectivity index (χ2v) is 5.58. The van der Waals surface area contributed by atoms with Crippen molar-refractivity contribution in [1.82, 2.24) is 15.1 Å². The van der Waals surface area contributed by atoms with Crippen LogP contribution in [0, 0.1) is 0 Å². The maximum Gasteiger partial charge on any atom is 0.275 e. The van der Waals surface area contributed by atoms with E-state index in [2.05, 4.69) is 29.3 Å². The number of aromatic amines is 1. The summed E-state index contributed by atoms with van der Waals surface area (Å²) >= 11 is 0. The quantitative estimate of drug-likeness (QED) is 0.827. The number of H-pyrrole nitrogens is 1. The first-order valence-electron chi connectivity index (χ1n) is 7.32. The lowest BCUT2D eigenvalue weighted by atomic mass is 10.1. The number of amides is 1. The molecule has 2 aliphatic rings. The number of hydrogen-bond acceptors (Lipinski definition) is 2. The van der Waals surface area contributed by atoms with E-state index in [1.807, 2.05) is 11.0 Å². The number of nitrogens with zero attached hydrogens (tertiary/aromatic N) is 2. The van der Waals surface area contributed by atoms with Crippen LogP contribution in [-0.2, 0) is 0 Å². The van der Waals surface area contributed by atoms with Crippen LogP contribution in [0.4, 0.5) is 0 Å². The highest BCUT2D eigenvalue weighted by Crippen LogP contribution is 2.39. The fourth-order valence-corrected chi connectivity index (χ4v) is 2.67. The lowest BCUT2D eigenvalue weighted by Gasteiger charge is -2.23. The van der Waals surface area contributed by atoms with Gasteiger partial charge in [0.15, 0.2) is 0 Å². The van der Waals surface area contributed by atoms with Crippen LogP contribution < -0.4 is 0 Å². The van der Waals surface area contributed by atoms with Crippen molar-refractivity contribution >= 4 is 5.91 Å². The van der Waals surface area contributed by atoms with Gasteiger partial charge in [0.1, 0.15) is 5.69 Å². The zero-order valence-corrected chi connectivity index (χ0v) is 11.4. The van der Waals surface area contributed by atoms with Crippen LogP contribution in [0.1, 0.15) is 61.1 Å². The molecule has 1 aromatic heterocycles. The first-order valence-corrected chi connectivity index (χ1v) is 7.32. The SMILES string of the molecule is CCCCC1C=CCN1C(=O)c1cc(C2CC2)[nH]n1. The Balaban J connectivity index is 1.67. The van der Waals surface area contributed by atoms with Crippen molar-refractivity contribution in [3.63, 3.8) is 0 Å². The number of nitrogens with one attached hydrogen (secondary N) is 1. The van der Waals surface area contributed by atoms with Gasteiger partial charge >= 0.3 is 0 Å². The highest BCUT2D eigenvalue weighted by molar-refractivity contribution is 5.93. The van der Waals surface area contributed by atoms with E-state index in [-0.39, 0.29) is 11.9 Å². The lowest BCUT2D eigenvalue weighted by molar-refractivity contribution is 0.0737. The molecule has 1 aromatic rings. The second-order valence-electron chi connectivity index (χ2n) is 5.58. The molecule has 0 spiro atoms. The van der Waals surface area contributed by atoms with Gasteiger partial charge in [-0.25, -0.2) is 0 Å². The topological polar surface area (TPSA) is 49.0 Å². The Bertz CT molecular complexity index is 487. The Morgan fingerprint density at radius 3 is 3.11 bits per heavy atom. The summed E-state index contributed by atoms with van der Waals surface area (Å²) in [5, 5.41) is 7.20. The highest BCUT2D eigenvalue weighted by Gasteiger charge is 2.30. The monoisotopic (exact) mass is 259 g/mol. The second kappa shape index (κ2) is 5.19. The Morgan fingerprint density at radius 1 is 1.53 bits per heavy atom. The molecule has 0 aromatic carbocycles. The smallest absolute Gasteiger partial charge is 0.275 e. The number of aromatic nitrogens is 2. The van der Waals surface area contributed by atoms with E-state index < -0.39 is 0 Å². The summed E-state index contributed by atoms with van der Waals surface area (Å²) in [7, 11) is 0. The van der Waals surface area contributed by atoms with E-state index in [0.717, 1.165) is 25.1 Å². The third-order valence-corrected chi connectivity index (χ3v) is 4.01. The highest BCUT2D eigenvalue weighted by atomic mass is 16.2. The molecule has 0 radical (unpaired) electrons. The van der Waals surface area contributed by atoms with E-state index in [1.165, 1.54) is 19.3 Å². The number of hydrogen-bond donors (Lipinski definition) is 1. The van der Waals surface area contributed by atoms with Crippen LogP contribution in [-0.4, -0.2) is 33.6 Å². The van der Waals surface area contributed by atoms with Gasteiger partial charge in [0.25, 0.3) is 5.91 Å². The van der Waals surface area contributed by atoms with Crippen LogP contribution in [0.2, 0.25) is 0 Å². The fourth-order valence-electron chi connectivity index (χ4n) is 2.67.